The van der Waals surface area contributed by atoms with Crippen LogP contribution in [0.3, 0.4) is 0 Å². The quantitative estimate of drug-likeness (QED) is 0.623. The first-order chi connectivity index (χ1) is 13.0. The molecule has 0 aliphatic heterocycles. The van der Waals surface area contributed by atoms with Crippen LogP contribution < -0.4 is 5.19 Å². The highest BCUT2D eigenvalue weighted by molar-refractivity contribution is 6.88. The van der Waals surface area contributed by atoms with Crippen LogP contribution in [0.2, 0.25) is 19.5 Å². The normalized spacial score (nSPS) is 16.6. The maximum Gasteiger partial charge on any atom is 0.0796 e. The lowest BCUT2D eigenvalue weighted by atomic mass is 10.0. The van der Waals surface area contributed by atoms with E-state index in [-0.39, 0.29) is 0 Å². The van der Waals surface area contributed by atoms with Crippen molar-refractivity contribution in [3.63, 3.8) is 0 Å². The molecule has 110 valence electrons. The molecule has 3 aromatic rings. The van der Waals surface area contributed by atoms with Crippen LogP contribution >= 0.6 is 0 Å². The summed E-state index contributed by atoms with van der Waals surface area (Å²) in [6, 6.07) is 21.2. The van der Waals surface area contributed by atoms with Gasteiger partial charge in [0.05, 0.1) is 13.8 Å². The monoisotopic (exact) mass is 309 g/mol. The highest BCUT2D eigenvalue weighted by Gasteiger charge is 2.16. The second kappa shape index (κ2) is 5.89. The van der Waals surface area contributed by atoms with Gasteiger partial charge in [-0.1, -0.05) is 74.1 Å². The molecule has 0 radical (unpaired) electrons. The number of pyridine rings is 1. The van der Waals surface area contributed by atoms with Gasteiger partial charge in [-0.2, -0.15) is 0 Å². The van der Waals surface area contributed by atoms with Crippen LogP contribution in [0, 0.1) is 0 Å². The molecule has 0 saturated carbocycles. The molecule has 0 unspecified atom stereocenters. The lowest BCUT2D eigenvalue weighted by Gasteiger charge is -2.16. The zero-order valence-corrected chi connectivity index (χ0v) is 13.4. The van der Waals surface area contributed by atoms with Crippen molar-refractivity contribution in [3.05, 3.63) is 72.9 Å². The summed E-state index contributed by atoms with van der Waals surface area (Å²) in [5.74, 6) is 0. The van der Waals surface area contributed by atoms with E-state index in [1.165, 1.54) is 12.7 Å². The van der Waals surface area contributed by atoms with Crippen molar-refractivity contribution in [2.75, 3.05) is 0 Å². The first kappa shape index (κ1) is 9.06. The molecule has 0 fully saturated rings. The summed E-state index contributed by atoms with van der Waals surface area (Å²) in [5, 5.41) is 0.315. The number of hydrogen-bond acceptors (Lipinski definition) is 1. The van der Waals surface area contributed by atoms with Crippen LogP contribution in [0.1, 0.15) is 8.22 Å². The third-order valence-electron chi connectivity index (χ3n) is 3.61. The lowest BCUT2D eigenvalue weighted by molar-refractivity contribution is 1.34. The van der Waals surface area contributed by atoms with Crippen molar-refractivity contribution in [1.29, 1.82) is 0 Å². The Morgan fingerprint density at radius 3 is 2.23 bits per heavy atom. The topological polar surface area (TPSA) is 12.9 Å². The molecule has 3 rings (SSSR count). The summed E-state index contributed by atoms with van der Waals surface area (Å²) in [6.07, 6.45) is 1.43. The van der Waals surface area contributed by atoms with E-state index in [0.29, 0.717) is 10.9 Å². The van der Waals surface area contributed by atoms with E-state index >= 15 is 0 Å². The number of benzene rings is 2. The van der Waals surface area contributed by atoms with Gasteiger partial charge in [-0.25, -0.2) is 0 Å². The van der Waals surface area contributed by atoms with E-state index in [1.807, 2.05) is 54.6 Å². The van der Waals surface area contributed by atoms with Crippen LogP contribution in [0.4, 0.5) is 0 Å². The predicted molar refractivity (Wildman–Crippen MR) is 98.1 cm³/mol. The average Bonchev–Trinajstić information content (AvgIpc) is 2.66. The molecule has 0 atom stereocenters. The van der Waals surface area contributed by atoms with E-state index in [2.05, 4.69) is 4.98 Å². The molecule has 22 heavy (non-hydrogen) atoms. The summed E-state index contributed by atoms with van der Waals surface area (Å²) < 4.78 is 47.0. The molecule has 0 aliphatic rings. The summed E-state index contributed by atoms with van der Waals surface area (Å²) in [4.78, 5) is 4.41. The van der Waals surface area contributed by atoms with Gasteiger partial charge < -0.3 is 0 Å². The number of rotatable bonds is 3. The summed E-state index contributed by atoms with van der Waals surface area (Å²) in [5.41, 5.74) is 3.70. The Kier molecular flexibility index (Phi) is 2.43. The maximum atomic E-state index is 7.83. The van der Waals surface area contributed by atoms with Gasteiger partial charge >= 0.3 is 0 Å². The SMILES string of the molecule is [2H]C([2H])([2H])[Si](C)(c1ccc(-c2cccc(-c3ccccc3)c2)nc1)C([2H])([2H])[2H]. The number of hydrogen-bond donors (Lipinski definition) is 0. The van der Waals surface area contributed by atoms with Crippen LogP contribution in [0.25, 0.3) is 22.4 Å². The number of aromatic nitrogens is 1. The molecule has 1 heterocycles. The predicted octanol–water partition coefficient (Wildman–Crippen LogP) is 4.96. The summed E-state index contributed by atoms with van der Waals surface area (Å²) in [7, 11) is -3.78. The molecule has 0 saturated heterocycles. The molecule has 0 N–H and O–H groups in total. The van der Waals surface area contributed by atoms with Crippen molar-refractivity contribution in [2.45, 2.75) is 19.5 Å². The Balaban J connectivity index is 2.00. The van der Waals surface area contributed by atoms with Crippen molar-refractivity contribution in [1.82, 2.24) is 4.98 Å². The average molecular weight is 310 g/mol. The van der Waals surface area contributed by atoms with Gasteiger partial charge in [-0.3, -0.25) is 4.98 Å². The molecular weight excluding hydrogens is 282 g/mol. The first-order valence-corrected chi connectivity index (χ1v) is 9.66. The Labute approximate surface area is 142 Å². The summed E-state index contributed by atoms with van der Waals surface area (Å²) >= 11 is 0. The molecule has 0 spiro atoms. The molecule has 1 aromatic heterocycles. The Morgan fingerprint density at radius 1 is 0.818 bits per heavy atom. The van der Waals surface area contributed by atoms with Crippen molar-refractivity contribution in [2.24, 2.45) is 0 Å². The fourth-order valence-corrected chi connectivity index (χ4v) is 3.09. The molecule has 0 bridgehead atoms. The minimum atomic E-state index is -3.78. The minimum Gasteiger partial charge on any atom is -0.256 e. The molecule has 2 heteroatoms. The van der Waals surface area contributed by atoms with Gasteiger partial charge in [0, 0.05) is 20.0 Å². The highest BCUT2D eigenvalue weighted by Crippen LogP contribution is 2.24. The van der Waals surface area contributed by atoms with Gasteiger partial charge in [-0.15, -0.1) is 0 Å². The Bertz CT molecular complexity index is 935. The van der Waals surface area contributed by atoms with Crippen LogP contribution in [0.15, 0.2) is 72.9 Å². The first-order valence-electron chi connectivity index (χ1n) is 10.2. The molecule has 1 nitrogen and oxygen atoms in total. The van der Waals surface area contributed by atoms with Gasteiger partial charge in [0.15, 0.2) is 0 Å². The van der Waals surface area contributed by atoms with Crippen molar-refractivity contribution in [3.8, 4) is 22.4 Å². The second-order valence-corrected chi connectivity index (χ2v) is 8.33. The zero-order valence-electron chi connectivity index (χ0n) is 18.4. The van der Waals surface area contributed by atoms with Gasteiger partial charge in [0.25, 0.3) is 0 Å². The van der Waals surface area contributed by atoms with Gasteiger partial charge in [-0.05, 0) is 28.4 Å². The standard InChI is InChI=1S/C20H21NSi/c1-22(2,3)19-12-13-20(21-15-19)18-11-7-10-17(14-18)16-8-5-4-6-9-16/h4-15H,1-3H3/i1D3,2D3. The van der Waals surface area contributed by atoms with E-state index in [9.17, 15) is 0 Å². The smallest absolute Gasteiger partial charge is 0.0796 e. The largest absolute Gasteiger partial charge is 0.256 e. The Hall–Kier alpha value is -2.19. The maximum absolute atomic E-state index is 7.83. The van der Waals surface area contributed by atoms with Crippen LogP contribution in [0.5, 0.6) is 0 Å². The van der Waals surface area contributed by atoms with E-state index in [0.717, 1.165) is 16.7 Å². The van der Waals surface area contributed by atoms with Gasteiger partial charge in [0.1, 0.15) is 0 Å². The van der Waals surface area contributed by atoms with Crippen molar-refractivity contribution >= 4 is 13.3 Å². The number of nitrogens with zero attached hydrogens (tertiary/aromatic N) is 1. The molecule has 0 amide bonds. The van der Waals surface area contributed by atoms with E-state index < -0.39 is 21.0 Å². The van der Waals surface area contributed by atoms with Crippen LogP contribution in [-0.4, -0.2) is 13.1 Å². The molecule has 0 aliphatic carbocycles. The third-order valence-corrected chi connectivity index (χ3v) is 5.06. The highest BCUT2D eigenvalue weighted by atomic mass is 28.3. The van der Waals surface area contributed by atoms with Gasteiger partial charge in [0.2, 0.25) is 0 Å². The fourth-order valence-electron chi connectivity index (χ4n) is 2.35. The van der Waals surface area contributed by atoms with E-state index in [1.54, 1.807) is 12.1 Å². The third kappa shape index (κ3) is 3.17. The second-order valence-electron chi connectivity index (χ2n) is 5.50. The van der Waals surface area contributed by atoms with E-state index in [4.69, 9.17) is 8.22 Å². The Morgan fingerprint density at radius 2 is 1.55 bits per heavy atom. The molecule has 2 aromatic carbocycles. The fraction of sp³-hybridized carbons (Fsp3) is 0.150. The lowest BCUT2D eigenvalue weighted by Crippen LogP contribution is -2.37. The van der Waals surface area contributed by atoms with Crippen LogP contribution in [-0.2, 0) is 0 Å². The summed E-state index contributed by atoms with van der Waals surface area (Å²) in [6.45, 7) is -3.71. The molecular formula is C20H21NSi. The minimum absolute atomic E-state index is 0.315. The zero-order chi connectivity index (χ0) is 20.6. The van der Waals surface area contributed by atoms with Crippen molar-refractivity contribution < 1.29 is 8.22 Å².